The van der Waals surface area contributed by atoms with Gasteiger partial charge in [-0.05, 0) is 25.1 Å². The molecule has 68 valence electrons. The summed E-state index contributed by atoms with van der Waals surface area (Å²) in [6.07, 6.45) is 1.67. The fraction of sp³-hybridized carbons (Fsp3) is 0.200. The van der Waals surface area contributed by atoms with E-state index in [0.29, 0.717) is 0 Å². The second-order valence-corrected chi connectivity index (χ2v) is 2.72. The van der Waals surface area contributed by atoms with Gasteiger partial charge in [-0.15, -0.1) is 0 Å². The maximum atomic E-state index is 5.23. The smallest absolute Gasteiger partial charge is 0.150 e. The van der Waals surface area contributed by atoms with Crippen LogP contribution in [0.15, 0.2) is 34.9 Å². The minimum absolute atomic E-state index is 0.768. The molecule has 0 aliphatic rings. The predicted molar refractivity (Wildman–Crippen MR) is 50.5 cm³/mol. The lowest BCUT2D eigenvalue weighted by molar-refractivity contribution is 0.202. The van der Waals surface area contributed by atoms with Gasteiger partial charge < -0.3 is 9.25 Å². The zero-order valence-corrected chi connectivity index (χ0v) is 7.41. The highest BCUT2D eigenvalue weighted by Gasteiger charge is 1.98. The maximum absolute atomic E-state index is 5.23. The number of nitrogens with one attached hydrogen (secondary N) is 1. The minimum Gasteiger partial charge on any atom is -0.464 e. The molecule has 1 heterocycles. The molecule has 0 unspecified atom stereocenters. The van der Waals surface area contributed by atoms with E-state index in [0.717, 1.165) is 23.3 Å². The van der Waals surface area contributed by atoms with E-state index >= 15 is 0 Å². The van der Waals surface area contributed by atoms with Crippen LogP contribution in [-0.2, 0) is 0 Å². The van der Waals surface area contributed by atoms with Gasteiger partial charge in [0.25, 0.3) is 0 Å². The first-order valence-electron chi connectivity index (χ1n) is 4.27. The first-order valence-corrected chi connectivity index (χ1v) is 4.27. The minimum atomic E-state index is 0.768. The van der Waals surface area contributed by atoms with Crippen molar-refractivity contribution < 1.29 is 9.25 Å². The standard InChI is InChI=1S/C10H11NO2/c1-2-11-13-9-4-3-8-5-6-12-10(8)7-9/h3-7,11H,2H2,1H3. The average Bonchev–Trinajstić information content (AvgIpc) is 2.61. The van der Waals surface area contributed by atoms with Gasteiger partial charge >= 0.3 is 0 Å². The highest BCUT2D eigenvalue weighted by molar-refractivity contribution is 5.78. The molecule has 0 radical (unpaired) electrons. The first-order chi connectivity index (χ1) is 6.40. The largest absolute Gasteiger partial charge is 0.464 e. The van der Waals surface area contributed by atoms with Crippen molar-refractivity contribution in [1.82, 2.24) is 5.48 Å². The molecule has 0 saturated heterocycles. The summed E-state index contributed by atoms with van der Waals surface area (Å²) in [6, 6.07) is 7.65. The summed E-state index contributed by atoms with van der Waals surface area (Å²) < 4.78 is 5.23. The van der Waals surface area contributed by atoms with Crippen LogP contribution >= 0.6 is 0 Å². The van der Waals surface area contributed by atoms with E-state index in [-0.39, 0.29) is 0 Å². The molecular weight excluding hydrogens is 166 g/mol. The zero-order valence-electron chi connectivity index (χ0n) is 7.41. The number of hydrogen-bond donors (Lipinski definition) is 1. The van der Waals surface area contributed by atoms with E-state index in [1.807, 2.05) is 31.2 Å². The van der Waals surface area contributed by atoms with Crippen LogP contribution < -0.4 is 10.3 Å². The SMILES string of the molecule is CCNOc1ccc2ccoc2c1. The number of hydroxylamine groups is 1. The second kappa shape index (κ2) is 3.49. The van der Waals surface area contributed by atoms with Crippen molar-refractivity contribution in [2.24, 2.45) is 0 Å². The van der Waals surface area contributed by atoms with Crippen LogP contribution in [0.5, 0.6) is 5.75 Å². The Bertz CT molecular complexity index is 394. The van der Waals surface area contributed by atoms with Crippen LogP contribution in [0.2, 0.25) is 0 Å². The summed E-state index contributed by atoms with van der Waals surface area (Å²) in [5.74, 6) is 0.768. The molecule has 0 bridgehead atoms. The number of hydrogen-bond acceptors (Lipinski definition) is 3. The Hall–Kier alpha value is -1.48. The monoisotopic (exact) mass is 177 g/mol. The third-order valence-corrected chi connectivity index (χ3v) is 1.76. The molecule has 0 aliphatic carbocycles. The van der Waals surface area contributed by atoms with Gasteiger partial charge in [0.2, 0.25) is 0 Å². The predicted octanol–water partition coefficient (Wildman–Crippen LogP) is 2.34. The van der Waals surface area contributed by atoms with E-state index in [2.05, 4.69) is 5.48 Å². The van der Waals surface area contributed by atoms with Gasteiger partial charge in [0.05, 0.1) is 6.26 Å². The van der Waals surface area contributed by atoms with Crippen LogP contribution in [0.4, 0.5) is 0 Å². The molecule has 1 aromatic heterocycles. The van der Waals surface area contributed by atoms with Crippen molar-refractivity contribution in [3.8, 4) is 5.75 Å². The van der Waals surface area contributed by atoms with E-state index in [4.69, 9.17) is 9.25 Å². The van der Waals surface area contributed by atoms with Gasteiger partial charge in [-0.25, -0.2) is 0 Å². The molecule has 3 heteroatoms. The van der Waals surface area contributed by atoms with Gasteiger partial charge in [0.1, 0.15) is 5.58 Å². The van der Waals surface area contributed by atoms with E-state index in [1.165, 1.54) is 0 Å². The van der Waals surface area contributed by atoms with Gasteiger partial charge in [0.15, 0.2) is 5.75 Å². The van der Waals surface area contributed by atoms with Crippen LogP contribution in [0, 0.1) is 0 Å². The number of fused-ring (bicyclic) bond motifs is 1. The Balaban J connectivity index is 2.26. The topological polar surface area (TPSA) is 34.4 Å². The molecule has 0 aliphatic heterocycles. The summed E-state index contributed by atoms with van der Waals surface area (Å²) in [7, 11) is 0. The fourth-order valence-corrected chi connectivity index (χ4v) is 1.15. The molecule has 13 heavy (non-hydrogen) atoms. The normalized spacial score (nSPS) is 10.5. The van der Waals surface area contributed by atoms with E-state index < -0.39 is 0 Å². The lowest BCUT2D eigenvalue weighted by Gasteiger charge is -2.03. The molecular formula is C10H11NO2. The van der Waals surface area contributed by atoms with Crippen LogP contribution in [0.1, 0.15) is 6.92 Å². The molecule has 1 aromatic carbocycles. The highest BCUT2D eigenvalue weighted by Crippen LogP contribution is 2.20. The highest BCUT2D eigenvalue weighted by atomic mass is 16.6. The third kappa shape index (κ3) is 1.65. The van der Waals surface area contributed by atoms with E-state index in [1.54, 1.807) is 6.26 Å². The van der Waals surface area contributed by atoms with Gasteiger partial charge in [-0.1, -0.05) is 0 Å². The molecule has 0 atom stereocenters. The van der Waals surface area contributed by atoms with Crippen LogP contribution in [0.3, 0.4) is 0 Å². The van der Waals surface area contributed by atoms with Crippen molar-refractivity contribution in [3.63, 3.8) is 0 Å². The number of furan rings is 1. The molecule has 2 rings (SSSR count). The van der Waals surface area contributed by atoms with Crippen LogP contribution in [-0.4, -0.2) is 6.54 Å². The molecule has 3 nitrogen and oxygen atoms in total. The lowest BCUT2D eigenvalue weighted by Crippen LogP contribution is -2.16. The average molecular weight is 177 g/mol. The molecule has 0 amide bonds. The van der Waals surface area contributed by atoms with Gasteiger partial charge in [0, 0.05) is 18.0 Å². The van der Waals surface area contributed by atoms with Crippen molar-refractivity contribution in [2.45, 2.75) is 6.92 Å². The maximum Gasteiger partial charge on any atom is 0.150 e. The zero-order chi connectivity index (χ0) is 9.10. The Morgan fingerprint density at radius 3 is 3.15 bits per heavy atom. The summed E-state index contributed by atoms with van der Waals surface area (Å²) in [5, 5.41) is 1.09. The Kier molecular flexibility index (Phi) is 2.19. The Morgan fingerprint density at radius 1 is 1.38 bits per heavy atom. The van der Waals surface area contributed by atoms with E-state index in [9.17, 15) is 0 Å². The van der Waals surface area contributed by atoms with Gasteiger partial charge in [-0.2, -0.15) is 5.48 Å². The van der Waals surface area contributed by atoms with Crippen molar-refractivity contribution in [1.29, 1.82) is 0 Å². The van der Waals surface area contributed by atoms with Crippen molar-refractivity contribution >= 4 is 11.0 Å². The second-order valence-electron chi connectivity index (χ2n) is 2.72. The van der Waals surface area contributed by atoms with Crippen LogP contribution in [0.25, 0.3) is 11.0 Å². The van der Waals surface area contributed by atoms with Gasteiger partial charge in [-0.3, -0.25) is 0 Å². The summed E-state index contributed by atoms with van der Waals surface area (Å²) in [4.78, 5) is 5.22. The number of benzene rings is 1. The third-order valence-electron chi connectivity index (χ3n) is 1.76. The molecule has 0 spiro atoms. The Labute approximate surface area is 76.3 Å². The Morgan fingerprint density at radius 2 is 2.31 bits per heavy atom. The quantitative estimate of drug-likeness (QED) is 0.730. The van der Waals surface area contributed by atoms with Crippen molar-refractivity contribution in [3.05, 3.63) is 30.5 Å². The molecule has 1 N–H and O–H groups in total. The summed E-state index contributed by atoms with van der Waals surface area (Å²) in [6.45, 7) is 2.75. The van der Waals surface area contributed by atoms with Crippen molar-refractivity contribution in [2.75, 3.05) is 6.54 Å². The molecule has 0 fully saturated rings. The fourth-order valence-electron chi connectivity index (χ4n) is 1.15. The summed E-state index contributed by atoms with van der Waals surface area (Å²) >= 11 is 0. The summed E-state index contributed by atoms with van der Waals surface area (Å²) in [5.41, 5.74) is 3.62. The molecule has 0 saturated carbocycles. The lowest BCUT2D eigenvalue weighted by atomic mass is 10.2. The first kappa shape index (κ1) is 8.13. The number of rotatable bonds is 3. The molecule has 2 aromatic rings.